The maximum atomic E-state index is 12.3. The van der Waals surface area contributed by atoms with Gasteiger partial charge in [-0.15, -0.1) is 0 Å². The average Bonchev–Trinajstić information content (AvgIpc) is 2.47. The Bertz CT molecular complexity index is 612. The minimum atomic E-state index is -0.379. The number of hydrogen-bond acceptors (Lipinski definition) is 3. The number of aliphatic hydroxyl groups is 1. The maximum absolute atomic E-state index is 12.3. The van der Waals surface area contributed by atoms with E-state index < -0.39 is 0 Å². The van der Waals surface area contributed by atoms with Gasteiger partial charge in [-0.3, -0.25) is 9.78 Å². The van der Waals surface area contributed by atoms with Crippen LogP contribution < -0.4 is 5.32 Å². The van der Waals surface area contributed by atoms with Crippen LogP contribution in [-0.4, -0.2) is 28.1 Å². The minimum Gasteiger partial charge on any atom is -0.396 e. The molecule has 0 bridgehead atoms. The highest BCUT2D eigenvalue weighted by Crippen LogP contribution is 2.17. The summed E-state index contributed by atoms with van der Waals surface area (Å²) in [6.45, 7) is 4.01. The number of nitrogens with one attached hydrogen (secondary N) is 1. The lowest BCUT2D eigenvalue weighted by Crippen LogP contribution is -2.46. The molecule has 1 amide bonds. The second kappa shape index (κ2) is 6.01. The van der Waals surface area contributed by atoms with Crippen molar-refractivity contribution in [3.8, 4) is 0 Å². The lowest BCUT2D eigenvalue weighted by atomic mass is 9.94. The molecule has 2 aromatic rings. The van der Waals surface area contributed by atoms with Gasteiger partial charge in [0.15, 0.2) is 0 Å². The molecule has 4 nitrogen and oxygen atoms in total. The molecule has 1 aromatic heterocycles. The number of carbonyl (C=O) groups excluding carboxylic acids is 1. The fourth-order valence-electron chi connectivity index (χ4n) is 2.14. The minimum absolute atomic E-state index is 0.0618. The zero-order chi connectivity index (χ0) is 14.6. The molecule has 0 saturated heterocycles. The highest BCUT2D eigenvalue weighted by atomic mass is 16.3. The van der Waals surface area contributed by atoms with Gasteiger partial charge in [0.1, 0.15) is 0 Å². The number of fused-ring (bicyclic) bond motifs is 1. The highest BCUT2D eigenvalue weighted by Gasteiger charge is 2.24. The molecule has 0 radical (unpaired) electrons. The van der Waals surface area contributed by atoms with Crippen molar-refractivity contribution in [2.24, 2.45) is 0 Å². The molecule has 20 heavy (non-hydrogen) atoms. The van der Waals surface area contributed by atoms with Crippen LogP contribution in [0.2, 0.25) is 0 Å². The third-order valence-electron chi connectivity index (χ3n) is 3.72. The van der Waals surface area contributed by atoms with Crippen LogP contribution in [0.3, 0.4) is 0 Å². The summed E-state index contributed by atoms with van der Waals surface area (Å²) >= 11 is 0. The summed E-state index contributed by atoms with van der Waals surface area (Å²) in [7, 11) is 0. The topological polar surface area (TPSA) is 62.2 Å². The molecule has 0 aliphatic heterocycles. The number of rotatable bonds is 5. The van der Waals surface area contributed by atoms with Crippen molar-refractivity contribution < 1.29 is 9.90 Å². The van der Waals surface area contributed by atoms with E-state index in [1.54, 1.807) is 12.3 Å². The molecule has 0 fully saturated rings. The molecule has 1 atom stereocenters. The molecular formula is C16H20N2O2. The SMILES string of the molecule is CCC(C)(CCO)NC(=O)c1ccc2ncccc2c1. The number of nitrogens with zero attached hydrogens (tertiary/aromatic N) is 1. The summed E-state index contributed by atoms with van der Waals surface area (Å²) in [5.41, 5.74) is 1.11. The first kappa shape index (κ1) is 14.5. The summed E-state index contributed by atoms with van der Waals surface area (Å²) in [4.78, 5) is 16.6. The Morgan fingerprint density at radius 3 is 2.90 bits per heavy atom. The molecule has 0 aliphatic carbocycles. The molecule has 0 saturated carbocycles. The van der Waals surface area contributed by atoms with Crippen molar-refractivity contribution in [2.45, 2.75) is 32.2 Å². The Kier molecular flexibility index (Phi) is 4.35. The molecular weight excluding hydrogens is 252 g/mol. The largest absolute Gasteiger partial charge is 0.396 e. The van der Waals surface area contributed by atoms with E-state index >= 15 is 0 Å². The Labute approximate surface area is 118 Å². The van der Waals surface area contributed by atoms with Gasteiger partial charge in [-0.2, -0.15) is 0 Å². The fraction of sp³-hybridized carbons (Fsp3) is 0.375. The van der Waals surface area contributed by atoms with Crippen LogP contribution in [0, 0.1) is 0 Å². The van der Waals surface area contributed by atoms with E-state index in [-0.39, 0.29) is 18.1 Å². The van der Waals surface area contributed by atoms with E-state index in [4.69, 9.17) is 5.11 Å². The monoisotopic (exact) mass is 272 g/mol. The number of aromatic nitrogens is 1. The van der Waals surface area contributed by atoms with Gasteiger partial charge in [-0.25, -0.2) is 0 Å². The standard InChI is InChI=1S/C16H20N2O2/c1-3-16(2,8-10-19)18-15(20)13-6-7-14-12(11-13)5-4-9-17-14/h4-7,9,11,19H,3,8,10H2,1-2H3,(H,18,20). The van der Waals surface area contributed by atoms with Gasteiger partial charge in [0.25, 0.3) is 5.91 Å². The average molecular weight is 272 g/mol. The van der Waals surface area contributed by atoms with Crippen molar-refractivity contribution in [1.82, 2.24) is 10.3 Å². The van der Waals surface area contributed by atoms with Crippen LogP contribution in [0.5, 0.6) is 0 Å². The van der Waals surface area contributed by atoms with Crippen LogP contribution in [0.1, 0.15) is 37.0 Å². The number of benzene rings is 1. The number of amides is 1. The van der Waals surface area contributed by atoms with Gasteiger partial charge in [-0.05, 0) is 44.0 Å². The zero-order valence-electron chi connectivity index (χ0n) is 11.9. The predicted molar refractivity (Wildman–Crippen MR) is 79.6 cm³/mol. The molecule has 1 heterocycles. The van der Waals surface area contributed by atoms with Crippen LogP contribution in [-0.2, 0) is 0 Å². The zero-order valence-corrected chi connectivity index (χ0v) is 11.9. The normalized spacial score (nSPS) is 13.9. The predicted octanol–water partition coefficient (Wildman–Crippen LogP) is 2.52. The highest BCUT2D eigenvalue weighted by molar-refractivity contribution is 5.98. The maximum Gasteiger partial charge on any atom is 0.251 e. The summed E-state index contributed by atoms with van der Waals surface area (Å²) in [6, 6.07) is 9.25. The van der Waals surface area contributed by atoms with Gasteiger partial charge in [0.05, 0.1) is 5.52 Å². The Hall–Kier alpha value is -1.94. The number of aliphatic hydroxyl groups excluding tert-OH is 1. The summed E-state index contributed by atoms with van der Waals surface area (Å²) in [5.74, 6) is -0.117. The summed E-state index contributed by atoms with van der Waals surface area (Å²) in [6.07, 6.45) is 3.05. The van der Waals surface area contributed by atoms with Crippen molar-refractivity contribution in [3.05, 3.63) is 42.1 Å². The van der Waals surface area contributed by atoms with Gasteiger partial charge >= 0.3 is 0 Å². The first-order chi connectivity index (χ1) is 9.58. The Balaban J connectivity index is 2.22. The van der Waals surface area contributed by atoms with E-state index in [9.17, 15) is 4.79 Å². The Morgan fingerprint density at radius 1 is 1.40 bits per heavy atom. The molecule has 0 spiro atoms. The molecule has 106 valence electrons. The molecule has 1 aromatic carbocycles. The summed E-state index contributed by atoms with van der Waals surface area (Å²) in [5, 5.41) is 13.0. The molecule has 1 unspecified atom stereocenters. The van der Waals surface area contributed by atoms with Crippen molar-refractivity contribution in [1.29, 1.82) is 0 Å². The van der Waals surface area contributed by atoms with Crippen molar-refractivity contribution in [3.63, 3.8) is 0 Å². The van der Waals surface area contributed by atoms with E-state index in [0.717, 1.165) is 17.3 Å². The first-order valence-electron chi connectivity index (χ1n) is 6.86. The van der Waals surface area contributed by atoms with E-state index in [2.05, 4.69) is 10.3 Å². The quantitative estimate of drug-likeness (QED) is 0.879. The Morgan fingerprint density at radius 2 is 2.20 bits per heavy atom. The van der Waals surface area contributed by atoms with Crippen molar-refractivity contribution in [2.75, 3.05) is 6.61 Å². The smallest absolute Gasteiger partial charge is 0.251 e. The van der Waals surface area contributed by atoms with Gasteiger partial charge in [0.2, 0.25) is 0 Å². The van der Waals surface area contributed by atoms with Crippen LogP contribution in [0.15, 0.2) is 36.5 Å². The summed E-state index contributed by atoms with van der Waals surface area (Å²) < 4.78 is 0. The fourth-order valence-corrected chi connectivity index (χ4v) is 2.14. The molecule has 4 heteroatoms. The van der Waals surface area contributed by atoms with Gasteiger partial charge in [-0.1, -0.05) is 13.0 Å². The molecule has 2 N–H and O–H groups in total. The van der Waals surface area contributed by atoms with E-state index in [0.29, 0.717) is 12.0 Å². The van der Waals surface area contributed by atoms with E-state index in [1.165, 1.54) is 0 Å². The number of hydrogen-bond donors (Lipinski definition) is 2. The van der Waals surface area contributed by atoms with Gasteiger partial charge < -0.3 is 10.4 Å². The molecule has 0 aliphatic rings. The third-order valence-corrected chi connectivity index (χ3v) is 3.72. The van der Waals surface area contributed by atoms with Gasteiger partial charge in [0, 0.05) is 29.3 Å². The van der Waals surface area contributed by atoms with Crippen LogP contribution in [0.4, 0.5) is 0 Å². The third kappa shape index (κ3) is 3.14. The number of pyridine rings is 1. The van der Waals surface area contributed by atoms with Crippen molar-refractivity contribution >= 4 is 16.8 Å². The number of carbonyl (C=O) groups is 1. The second-order valence-corrected chi connectivity index (χ2v) is 5.25. The molecule has 2 rings (SSSR count). The second-order valence-electron chi connectivity index (χ2n) is 5.25. The van der Waals surface area contributed by atoms with Crippen LogP contribution in [0.25, 0.3) is 10.9 Å². The first-order valence-corrected chi connectivity index (χ1v) is 6.86. The lowest BCUT2D eigenvalue weighted by Gasteiger charge is -2.29. The lowest BCUT2D eigenvalue weighted by molar-refractivity contribution is 0.0886. The van der Waals surface area contributed by atoms with Crippen LogP contribution >= 0.6 is 0 Å². The van der Waals surface area contributed by atoms with E-state index in [1.807, 2.05) is 38.1 Å².